The molecule has 0 saturated carbocycles. The molecule has 82 valence electrons. The monoisotopic (exact) mass is 223 g/mol. The predicted molar refractivity (Wildman–Crippen MR) is 62.7 cm³/mol. The van der Waals surface area contributed by atoms with Crippen molar-refractivity contribution in [1.82, 2.24) is 10.3 Å². The molecule has 0 saturated heterocycles. The zero-order valence-corrected chi connectivity index (χ0v) is 10.3. The van der Waals surface area contributed by atoms with Gasteiger partial charge in [0, 0.05) is 17.1 Å². The van der Waals surface area contributed by atoms with E-state index in [9.17, 15) is 0 Å². The third kappa shape index (κ3) is 3.61. The van der Waals surface area contributed by atoms with Crippen LogP contribution in [-0.4, -0.2) is 11.0 Å². The highest BCUT2D eigenvalue weighted by Gasteiger charge is 2.13. The number of rotatable bonds is 5. The van der Waals surface area contributed by atoms with Crippen LogP contribution in [-0.2, 0) is 0 Å². The summed E-state index contributed by atoms with van der Waals surface area (Å²) in [6.45, 7) is 6.24. The normalized spacial score (nSPS) is 14.5. The van der Waals surface area contributed by atoms with Gasteiger partial charge in [-0.2, -0.15) is 5.26 Å². The second-order valence-electron chi connectivity index (χ2n) is 3.66. The first-order valence-corrected chi connectivity index (χ1v) is 6.04. The Kier molecular flexibility index (Phi) is 4.73. The van der Waals surface area contributed by atoms with E-state index < -0.39 is 0 Å². The Morgan fingerprint density at radius 1 is 1.67 bits per heavy atom. The number of nitrogens with one attached hydrogen (secondary N) is 1. The molecule has 0 bridgehead atoms. The van der Waals surface area contributed by atoms with Gasteiger partial charge in [-0.3, -0.25) is 0 Å². The Balaban J connectivity index is 2.54. The van der Waals surface area contributed by atoms with Gasteiger partial charge < -0.3 is 5.32 Å². The molecule has 1 aromatic rings. The van der Waals surface area contributed by atoms with Crippen LogP contribution in [0.5, 0.6) is 0 Å². The van der Waals surface area contributed by atoms with E-state index in [0.29, 0.717) is 6.42 Å². The van der Waals surface area contributed by atoms with E-state index in [1.54, 1.807) is 11.3 Å². The minimum Gasteiger partial charge on any atom is -0.304 e. The van der Waals surface area contributed by atoms with Crippen molar-refractivity contribution in [2.24, 2.45) is 0 Å². The number of hydrogen-bond donors (Lipinski definition) is 1. The van der Waals surface area contributed by atoms with Gasteiger partial charge in [-0.25, -0.2) is 4.98 Å². The molecular formula is C11H17N3S. The van der Waals surface area contributed by atoms with Crippen LogP contribution in [0.4, 0.5) is 0 Å². The number of aromatic nitrogens is 1. The van der Waals surface area contributed by atoms with Crippen molar-refractivity contribution >= 4 is 11.3 Å². The summed E-state index contributed by atoms with van der Waals surface area (Å²) in [7, 11) is 0. The fourth-order valence-corrected chi connectivity index (χ4v) is 2.21. The van der Waals surface area contributed by atoms with E-state index >= 15 is 0 Å². The second-order valence-corrected chi connectivity index (χ2v) is 4.93. The Hall–Kier alpha value is -0.920. The fraction of sp³-hybridized carbons (Fsp3) is 0.636. The molecule has 15 heavy (non-hydrogen) atoms. The van der Waals surface area contributed by atoms with Crippen LogP contribution in [0.1, 0.15) is 42.6 Å². The minimum atomic E-state index is 0.238. The van der Waals surface area contributed by atoms with Gasteiger partial charge in [-0.15, -0.1) is 11.3 Å². The first-order valence-electron chi connectivity index (χ1n) is 5.22. The highest BCUT2D eigenvalue weighted by molar-refractivity contribution is 7.11. The van der Waals surface area contributed by atoms with Gasteiger partial charge in [0.05, 0.1) is 18.5 Å². The zero-order chi connectivity index (χ0) is 11.3. The Morgan fingerprint density at radius 3 is 2.87 bits per heavy atom. The Bertz CT molecular complexity index is 340. The molecule has 0 radical (unpaired) electrons. The van der Waals surface area contributed by atoms with E-state index in [4.69, 9.17) is 5.26 Å². The van der Waals surface area contributed by atoms with Crippen LogP contribution in [0, 0.1) is 18.3 Å². The molecule has 2 unspecified atom stereocenters. The maximum absolute atomic E-state index is 8.65. The van der Waals surface area contributed by atoms with E-state index in [1.165, 1.54) is 4.88 Å². The zero-order valence-electron chi connectivity index (χ0n) is 9.45. The van der Waals surface area contributed by atoms with E-state index in [2.05, 4.69) is 37.1 Å². The molecule has 1 aromatic heterocycles. The van der Waals surface area contributed by atoms with Crippen LogP contribution in [0.15, 0.2) is 6.20 Å². The number of nitrogens with zero attached hydrogens (tertiary/aromatic N) is 2. The molecule has 0 aliphatic carbocycles. The average Bonchev–Trinajstić information content (AvgIpc) is 2.64. The highest BCUT2D eigenvalue weighted by Crippen LogP contribution is 2.20. The van der Waals surface area contributed by atoms with Crippen molar-refractivity contribution in [3.8, 4) is 6.07 Å². The van der Waals surface area contributed by atoms with Crippen LogP contribution < -0.4 is 5.32 Å². The molecule has 4 heteroatoms. The summed E-state index contributed by atoms with van der Waals surface area (Å²) < 4.78 is 0. The SMILES string of the molecule is CCC(CC#N)NC(C)c1ncc(C)s1. The molecule has 0 amide bonds. The van der Waals surface area contributed by atoms with Gasteiger partial charge in [0.2, 0.25) is 0 Å². The lowest BCUT2D eigenvalue weighted by molar-refractivity contribution is 0.447. The summed E-state index contributed by atoms with van der Waals surface area (Å²) in [6.07, 6.45) is 3.43. The number of nitriles is 1. The first kappa shape index (κ1) is 12.2. The smallest absolute Gasteiger partial charge is 0.109 e. The van der Waals surface area contributed by atoms with Crippen molar-refractivity contribution in [2.45, 2.75) is 45.7 Å². The van der Waals surface area contributed by atoms with Gasteiger partial charge in [-0.1, -0.05) is 6.92 Å². The number of thiazole rings is 1. The maximum atomic E-state index is 8.65. The molecule has 3 nitrogen and oxygen atoms in total. The van der Waals surface area contributed by atoms with Crippen LogP contribution in [0.3, 0.4) is 0 Å². The molecule has 1 heterocycles. The third-order valence-corrected chi connectivity index (χ3v) is 3.42. The molecule has 0 spiro atoms. The van der Waals surface area contributed by atoms with Gasteiger partial charge in [0.15, 0.2) is 0 Å². The summed E-state index contributed by atoms with van der Waals surface area (Å²) in [4.78, 5) is 5.56. The van der Waals surface area contributed by atoms with Crippen molar-refractivity contribution in [3.63, 3.8) is 0 Å². The molecule has 0 aliphatic heterocycles. The minimum absolute atomic E-state index is 0.238. The third-order valence-electron chi connectivity index (χ3n) is 2.33. The Labute approximate surface area is 95.2 Å². The van der Waals surface area contributed by atoms with Crippen molar-refractivity contribution < 1.29 is 0 Å². The molecule has 1 rings (SSSR count). The summed E-state index contributed by atoms with van der Waals surface area (Å²) in [5, 5.41) is 13.2. The topological polar surface area (TPSA) is 48.7 Å². The number of hydrogen-bond acceptors (Lipinski definition) is 4. The summed E-state index contributed by atoms with van der Waals surface area (Å²) in [6, 6.07) is 2.71. The van der Waals surface area contributed by atoms with Gasteiger partial charge in [0.25, 0.3) is 0 Å². The molecule has 0 fully saturated rings. The van der Waals surface area contributed by atoms with Crippen molar-refractivity contribution in [2.75, 3.05) is 0 Å². The van der Waals surface area contributed by atoms with Gasteiger partial charge in [-0.05, 0) is 20.3 Å². The average molecular weight is 223 g/mol. The lowest BCUT2D eigenvalue weighted by Crippen LogP contribution is -2.30. The maximum Gasteiger partial charge on any atom is 0.109 e. The van der Waals surface area contributed by atoms with Crippen molar-refractivity contribution in [1.29, 1.82) is 5.26 Å². The van der Waals surface area contributed by atoms with E-state index in [0.717, 1.165) is 11.4 Å². The van der Waals surface area contributed by atoms with Crippen molar-refractivity contribution in [3.05, 3.63) is 16.1 Å². The molecule has 2 atom stereocenters. The van der Waals surface area contributed by atoms with Crippen LogP contribution in [0.2, 0.25) is 0 Å². The summed E-state index contributed by atoms with van der Waals surface area (Å²) in [5.74, 6) is 0. The quantitative estimate of drug-likeness (QED) is 0.835. The summed E-state index contributed by atoms with van der Waals surface area (Å²) in [5.41, 5.74) is 0. The predicted octanol–water partition coefficient (Wildman–Crippen LogP) is 2.79. The van der Waals surface area contributed by atoms with E-state index in [1.807, 2.05) is 6.20 Å². The molecule has 1 N–H and O–H groups in total. The number of aryl methyl sites for hydroxylation is 1. The lowest BCUT2D eigenvalue weighted by atomic mass is 10.1. The van der Waals surface area contributed by atoms with E-state index in [-0.39, 0.29) is 12.1 Å². The Morgan fingerprint density at radius 2 is 2.40 bits per heavy atom. The summed E-state index contributed by atoms with van der Waals surface area (Å²) >= 11 is 1.71. The largest absolute Gasteiger partial charge is 0.304 e. The molecular weight excluding hydrogens is 206 g/mol. The van der Waals surface area contributed by atoms with Crippen LogP contribution in [0.25, 0.3) is 0 Å². The fourth-order valence-electron chi connectivity index (χ4n) is 1.43. The molecule has 0 aliphatic rings. The highest BCUT2D eigenvalue weighted by atomic mass is 32.1. The van der Waals surface area contributed by atoms with Gasteiger partial charge >= 0.3 is 0 Å². The first-order chi connectivity index (χ1) is 7.17. The van der Waals surface area contributed by atoms with Crippen LogP contribution >= 0.6 is 11.3 Å². The second kappa shape index (κ2) is 5.84. The molecule has 0 aromatic carbocycles. The standard InChI is InChI=1S/C11H17N3S/c1-4-10(5-6-12)14-9(3)11-13-7-8(2)15-11/h7,9-10,14H,4-5H2,1-3H3. The van der Waals surface area contributed by atoms with Gasteiger partial charge in [0.1, 0.15) is 5.01 Å². The lowest BCUT2D eigenvalue weighted by Gasteiger charge is -2.18.